The lowest BCUT2D eigenvalue weighted by Gasteiger charge is -2.32. The normalized spacial score (nSPS) is 15.0. The van der Waals surface area contributed by atoms with Crippen LogP contribution in [0.4, 0.5) is 11.4 Å². The molecule has 0 spiro atoms. The van der Waals surface area contributed by atoms with Crippen LogP contribution < -0.4 is 21.7 Å². The van der Waals surface area contributed by atoms with Gasteiger partial charge in [0, 0.05) is 11.7 Å². The Morgan fingerprint density at radius 2 is 1.93 bits per heavy atom. The molecule has 1 aromatic heterocycles. The molecule has 0 saturated heterocycles. The molecule has 160 valence electrons. The van der Waals surface area contributed by atoms with Crippen LogP contribution in [0.5, 0.6) is 0 Å². The summed E-state index contributed by atoms with van der Waals surface area (Å²) < 4.78 is 3.94. The van der Waals surface area contributed by atoms with Crippen LogP contribution in [-0.4, -0.2) is 34.2 Å². The maximum absolute atomic E-state index is 13.6. The number of amides is 3. The molecule has 1 aliphatic carbocycles. The standard InChI is InChI=1S/C21H27N5O3S/c1-3-14(20(28)24-13-9-5-6-10-13)26(15-11-7-4-8-12(15)2)21(29)18-16(22)17(19(23)27)25-30-18/h4,7-8,11,13-14H,3,5-6,9-10,22H2,1-2H3,(H2,23,27)(H,24,28). The average molecular weight is 430 g/mol. The highest BCUT2D eigenvalue weighted by Gasteiger charge is 2.35. The van der Waals surface area contributed by atoms with E-state index in [2.05, 4.69) is 9.69 Å². The number of primary amides is 1. The van der Waals surface area contributed by atoms with E-state index < -0.39 is 17.9 Å². The minimum Gasteiger partial charge on any atom is -0.395 e. The summed E-state index contributed by atoms with van der Waals surface area (Å²) in [7, 11) is 0. The smallest absolute Gasteiger partial charge is 0.272 e. The number of nitrogen functional groups attached to an aromatic ring is 1. The van der Waals surface area contributed by atoms with Crippen LogP contribution in [0.15, 0.2) is 24.3 Å². The molecule has 1 saturated carbocycles. The summed E-state index contributed by atoms with van der Waals surface area (Å²) in [6.45, 7) is 3.74. The Hall–Kier alpha value is -2.94. The van der Waals surface area contributed by atoms with Crippen LogP contribution in [0.25, 0.3) is 0 Å². The van der Waals surface area contributed by atoms with Crippen LogP contribution >= 0.6 is 11.5 Å². The summed E-state index contributed by atoms with van der Waals surface area (Å²) in [5, 5.41) is 3.09. The number of hydrogen-bond acceptors (Lipinski definition) is 6. The van der Waals surface area contributed by atoms with Gasteiger partial charge in [0.05, 0.1) is 5.69 Å². The van der Waals surface area contributed by atoms with Crippen molar-refractivity contribution < 1.29 is 14.4 Å². The van der Waals surface area contributed by atoms with E-state index in [0.29, 0.717) is 12.1 Å². The summed E-state index contributed by atoms with van der Waals surface area (Å²) in [4.78, 5) is 39.9. The third-order valence-electron chi connectivity index (χ3n) is 5.45. The van der Waals surface area contributed by atoms with Crippen molar-refractivity contribution in [1.82, 2.24) is 9.69 Å². The second-order valence-electron chi connectivity index (χ2n) is 7.51. The van der Waals surface area contributed by atoms with Crippen molar-refractivity contribution in [2.45, 2.75) is 58.0 Å². The molecular weight excluding hydrogens is 402 g/mol. The molecule has 8 nitrogen and oxygen atoms in total. The summed E-state index contributed by atoms with van der Waals surface area (Å²) in [5.74, 6) is -1.46. The van der Waals surface area contributed by atoms with E-state index in [4.69, 9.17) is 11.5 Å². The average Bonchev–Trinajstić information content (AvgIpc) is 3.35. The van der Waals surface area contributed by atoms with Gasteiger partial charge in [0.15, 0.2) is 5.69 Å². The fourth-order valence-electron chi connectivity index (χ4n) is 3.84. The molecule has 30 heavy (non-hydrogen) atoms. The summed E-state index contributed by atoms with van der Waals surface area (Å²) in [6.07, 6.45) is 4.50. The number of nitrogens with zero attached hydrogens (tertiary/aromatic N) is 2. The van der Waals surface area contributed by atoms with Crippen molar-refractivity contribution in [2.75, 3.05) is 10.6 Å². The lowest BCUT2D eigenvalue weighted by Crippen LogP contribution is -2.51. The Bertz CT molecular complexity index is 952. The van der Waals surface area contributed by atoms with Crippen LogP contribution in [0.3, 0.4) is 0 Å². The Kier molecular flexibility index (Phi) is 6.71. The highest BCUT2D eigenvalue weighted by atomic mass is 32.1. The number of para-hydroxylation sites is 1. The van der Waals surface area contributed by atoms with Gasteiger partial charge in [-0.25, -0.2) is 0 Å². The fourth-order valence-corrected chi connectivity index (χ4v) is 4.59. The molecule has 1 fully saturated rings. The van der Waals surface area contributed by atoms with Gasteiger partial charge in [0.1, 0.15) is 10.9 Å². The zero-order valence-corrected chi connectivity index (χ0v) is 18.0. The van der Waals surface area contributed by atoms with Crippen LogP contribution in [0.1, 0.15) is 64.8 Å². The highest BCUT2D eigenvalue weighted by Crippen LogP contribution is 2.30. The molecule has 1 heterocycles. The van der Waals surface area contributed by atoms with Gasteiger partial charge in [-0.2, -0.15) is 4.37 Å². The van der Waals surface area contributed by atoms with Crippen molar-refractivity contribution in [3.63, 3.8) is 0 Å². The number of carbonyl (C=O) groups excluding carboxylic acids is 3. The van der Waals surface area contributed by atoms with Crippen LogP contribution in [0, 0.1) is 6.92 Å². The predicted molar refractivity (Wildman–Crippen MR) is 118 cm³/mol. The van der Waals surface area contributed by atoms with Crippen LogP contribution in [0.2, 0.25) is 0 Å². The Morgan fingerprint density at radius 1 is 1.27 bits per heavy atom. The SMILES string of the molecule is CCC(C(=O)NC1CCCC1)N(C(=O)c1snc(C(N)=O)c1N)c1ccccc1C. The first-order chi connectivity index (χ1) is 14.3. The first-order valence-electron chi connectivity index (χ1n) is 10.1. The van der Waals surface area contributed by atoms with Crippen molar-refractivity contribution in [2.24, 2.45) is 5.73 Å². The van der Waals surface area contributed by atoms with Gasteiger partial charge >= 0.3 is 0 Å². The van der Waals surface area contributed by atoms with Gasteiger partial charge in [-0.15, -0.1) is 0 Å². The van der Waals surface area contributed by atoms with Crippen molar-refractivity contribution in [3.8, 4) is 0 Å². The molecule has 1 aliphatic rings. The Morgan fingerprint density at radius 3 is 2.50 bits per heavy atom. The predicted octanol–water partition coefficient (Wildman–Crippen LogP) is 2.62. The van der Waals surface area contributed by atoms with E-state index >= 15 is 0 Å². The molecule has 0 radical (unpaired) electrons. The second-order valence-corrected chi connectivity index (χ2v) is 8.29. The molecular formula is C21H27N5O3S. The number of rotatable bonds is 7. The Balaban J connectivity index is 2.01. The topological polar surface area (TPSA) is 131 Å². The number of aryl methyl sites for hydroxylation is 1. The zero-order chi connectivity index (χ0) is 21.8. The van der Waals surface area contributed by atoms with E-state index in [0.717, 1.165) is 42.8 Å². The zero-order valence-electron chi connectivity index (χ0n) is 17.2. The van der Waals surface area contributed by atoms with Gasteiger partial charge in [-0.05, 0) is 49.3 Å². The molecule has 0 aliphatic heterocycles. The van der Waals surface area contributed by atoms with E-state index in [1.54, 1.807) is 6.07 Å². The Labute approximate surface area is 179 Å². The summed E-state index contributed by atoms with van der Waals surface area (Å²) in [6, 6.07) is 6.77. The second kappa shape index (κ2) is 9.25. The molecule has 3 rings (SSSR count). The van der Waals surface area contributed by atoms with E-state index in [1.807, 2.05) is 32.0 Å². The quantitative estimate of drug-likeness (QED) is 0.622. The minimum absolute atomic E-state index is 0.0536. The largest absolute Gasteiger partial charge is 0.395 e. The number of aromatic nitrogens is 1. The van der Waals surface area contributed by atoms with Gasteiger partial charge < -0.3 is 16.8 Å². The molecule has 1 unspecified atom stereocenters. The van der Waals surface area contributed by atoms with E-state index in [9.17, 15) is 14.4 Å². The third kappa shape index (κ3) is 4.30. The number of hydrogen-bond donors (Lipinski definition) is 3. The van der Waals surface area contributed by atoms with Gasteiger partial charge in [0.25, 0.3) is 11.8 Å². The summed E-state index contributed by atoms with van der Waals surface area (Å²) >= 11 is 0.815. The third-order valence-corrected chi connectivity index (χ3v) is 6.30. The number of benzene rings is 1. The molecule has 9 heteroatoms. The fraction of sp³-hybridized carbons (Fsp3) is 0.429. The number of anilines is 2. The monoisotopic (exact) mass is 429 g/mol. The van der Waals surface area contributed by atoms with Crippen molar-refractivity contribution >= 4 is 40.6 Å². The first-order valence-corrected chi connectivity index (χ1v) is 10.9. The van der Waals surface area contributed by atoms with E-state index in [1.165, 1.54) is 4.90 Å². The molecule has 0 bridgehead atoms. The summed E-state index contributed by atoms with van der Waals surface area (Å²) in [5.41, 5.74) is 12.6. The lowest BCUT2D eigenvalue weighted by molar-refractivity contribution is -0.123. The highest BCUT2D eigenvalue weighted by molar-refractivity contribution is 7.09. The van der Waals surface area contributed by atoms with Gasteiger partial charge in [0.2, 0.25) is 5.91 Å². The molecule has 5 N–H and O–H groups in total. The molecule has 1 atom stereocenters. The number of nitrogens with one attached hydrogen (secondary N) is 1. The van der Waals surface area contributed by atoms with Crippen molar-refractivity contribution in [1.29, 1.82) is 0 Å². The first kappa shape index (κ1) is 21.8. The molecule has 3 amide bonds. The van der Waals surface area contributed by atoms with E-state index in [-0.39, 0.29) is 28.2 Å². The van der Waals surface area contributed by atoms with Crippen LogP contribution in [-0.2, 0) is 4.79 Å². The molecule has 1 aromatic carbocycles. The minimum atomic E-state index is -0.795. The van der Waals surface area contributed by atoms with Crippen molar-refractivity contribution in [3.05, 3.63) is 40.4 Å². The number of carbonyl (C=O) groups is 3. The maximum atomic E-state index is 13.6. The van der Waals surface area contributed by atoms with Gasteiger partial charge in [-0.3, -0.25) is 19.3 Å². The number of nitrogens with two attached hydrogens (primary N) is 2. The maximum Gasteiger partial charge on any atom is 0.272 e. The van der Waals surface area contributed by atoms with Gasteiger partial charge in [-0.1, -0.05) is 38.0 Å². The lowest BCUT2D eigenvalue weighted by atomic mass is 10.1. The molecule has 2 aromatic rings.